The van der Waals surface area contributed by atoms with Gasteiger partial charge in [0.2, 0.25) is 0 Å². The van der Waals surface area contributed by atoms with Crippen LogP contribution in [0.15, 0.2) is 18.2 Å². The molecule has 0 spiro atoms. The average Bonchev–Trinajstić information content (AvgIpc) is 2.28. The lowest BCUT2D eigenvalue weighted by Crippen LogP contribution is -2.20. The van der Waals surface area contributed by atoms with Crippen LogP contribution in [0.25, 0.3) is 0 Å². The Labute approximate surface area is 107 Å². The van der Waals surface area contributed by atoms with Crippen molar-refractivity contribution >= 4 is 40.8 Å². The summed E-state index contributed by atoms with van der Waals surface area (Å²) in [5.41, 5.74) is 0.00119. The second kappa shape index (κ2) is 5.75. The van der Waals surface area contributed by atoms with Crippen LogP contribution in [0.4, 0.5) is 5.69 Å². The van der Waals surface area contributed by atoms with E-state index < -0.39 is 16.7 Å². The zero-order valence-electron chi connectivity index (χ0n) is 8.74. The van der Waals surface area contributed by atoms with Crippen molar-refractivity contribution in [1.29, 1.82) is 0 Å². The number of carboxylic acid groups (broad SMARTS) is 1. The molecule has 1 amide bonds. The van der Waals surface area contributed by atoms with E-state index in [1.54, 1.807) is 0 Å². The maximum absolute atomic E-state index is 11.3. The van der Waals surface area contributed by atoms with Crippen LogP contribution in [0.2, 0.25) is 0 Å². The molecule has 0 atom stereocenters. The van der Waals surface area contributed by atoms with Gasteiger partial charge in [-0.1, -0.05) is 23.2 Å². The first-order valence-electron chi connectivity index (χ1n) is 4.46. The Morgan fingerprint density at radius 3 is 2.53 bits per heavy atom. The Morgan fingerprint density at radius 1 is 1.41 bits per heavy atom. The molecule has 0 bridgehead atoms. The van der Waals surface area contributed by atoms with E-state index in [2.05, 4.69) is 5.32 Å². The van der Waals surface area contributed by atoms with Gasteiger partial charge >= 0.3 is 5.97 Å². The molecule has 1 aromatic carbocycles. The number of carboxylic acids is 1. The minimum Gasteiger partial charge on any atom is -0.497 e. The summed E-state index contributed by atoms with van der Waals surface area (Å²) in [5, 5.41) is 11.2. The van der Waals surface area contributed by atoms with Gasteiger partial charge in [-0.3, -0.25) is 4.79 Å². The summed E-state index contributed by atoms with van der Waals surface area (Å²) >= 11 is 10.7. The van der Waals surface area contributed by atoms with Crippen LogP contribution in [-0.4, -0.2) is 28.9 Å². The predicted molar refractivity (Wildman–Crippen MR) is 64.1 cm³/mol. The summed E-state index contributed by atoms with van der Waals surface area (Å²) in [6, 6.07) is 4.16. The molecular weight excluding hydrogens is 269 g/mol. The van der Waals surface area contributed by atoms with E-state index in [0.717, 1.165) is 0 Å². The standard InChI is InChI=1S/C10H9Cl2NO4/c1-17-5-2-3-6(10(15)16)7(4-5)13-9(14)8(11)12/h2-4,8H,1H3,(H,13,14)(H,15,16). The van der Waals surface area contributed by atoms with Crippen molar-refractivity contribution < 1.29 is 19.4 Å². The Bertz CT molecular complexity index is 448. The lowest BCUT2D eigenvalue weighted by molar-refractivity contribution is -0.114. The molecule has 0 aliphatic rings. The topological polar surface area (TPSA) is 75.6 Å². The highest BCUT2D eigenvalue weighted by molar-refractivity contribution is 6.54. The lowest BCUT2D eigenvalue weighted by atomic mass is 10.1. The summed E-state index contributed by atoms with van der Waals surface area (Å²) in [7, 11) is 1.42. The minimum absolute atomic E-state index is 0.0758. The number of halogens is 2. The fourth-order valence-electron chi connectivity index (χ4n) is 1.13. The first-order valence-corrected chi connectivity index (χ1v) is 5.33. The van der Waals surface area contributed by atoms with Crippen LogP contribution >= 0.6 is 23.2 Å². The molecule has 17 heavy (non-hydrogen) atoms. The van der Waals surface area contributed by atoms with E-state index in [0.29, 0.717) is 5.75 Å². The van der Waals surface area contributed by atoms with Crippen LogP contribution in [0.3, 0.4) is 0 Å². The molecule has 1 rings (SSSR count). The number of hydrogen-bond donors (Lipinski definition) is 2. The molecule has 5 nitrogen and oxygen atoms in total. The second-order valence-electron chi connectivity index (χ2n) is 3.01. The second-order valence-corrected chi connectivity index (χ2v) is 4.10. The highest BCUT2D eigenvalue weighted by Gasteiger charge is 2.17. The van der Waals surface area contributed by atoms with Gasteiger partial charge in [0.05, 0.1) is 18.4 Å². The highest BCUT2D eigenvalue weighted by atomic mass is 35.5. The van der Waals surface area contributed by atoms with Gasteiger partial charge in [0.1, 0.15) is 5.75 Å². The van der Waals surface area contributed by atoms with Gasteiger partial charge < -0.3 is 15.2 Å². The van der Waals surface area contributed by atoms with Crippen LogP contribution in [0.1, 0.15) is 10.4 Å². The summed E-state index contributed by atoms with van der Waals surface area (Å²) in [6.45, 7) is 0. The fraction of sp³-hybridized carbons (Fsp3) is 0.200. The summed E-state index contributed by atoms with van der Waals surface area (Å²) in [5.74, 6) is -1.47. The van der Waals surface area contributed by atoms with Gasteiger partial charge in [-0.25, -0.2) is 4.79 Å². The molecule has 92 valence electrons. The van der Waals surface area contributed by atoms with Gasteiger partial charge in [0.15, 0.2) is 4.84 Å². The third-order valence-corrected chi connectivity index (χ3v) is 2.31. The molecule has 0 heterocycles. The number of rotatable bonds is 4. The van der Waals surface area contributed by atoms with E-state index in [4.69, 9.17) is 33.0 Å². The summed E-state index contributed by atoms with van der Waals surface area (Å²) in [4.78, 5) is 20.9. The van der Waals surface area contributed by atoms with Gasteiger partial charge in [-0.2, -0.15) is 0 Å². The number of amides is 1. The number of nitrogens with one attached hydrogen (secondary N) is 1. The van der Waals surface area contributed by atoms with Gasteiger partial charge in [-0.05, 0) is 12.1 Å². The smallest absolute Gasteiger partial charge is 0.337 e. The van der Waals surface area contributed by atoms with Gasteiger partial charge in [0.25, 0.3) is 5.91 Å². The maximum Gasteiger partial charge on any atom is 0.337 e. The van der Waals surface area contributed by atoms with Crippen molar-refractivity contribution in [2.45, 2.75) is 4.84 Å². The molecule has 0 unspecified atom stereocenters. The zero-order chi connectivity index (χ0) is 13.0. The third kappa shape index (κ3) is 3.51. The first kappa shape index (κ1) is 13.6. The third-order valence-electron chi connectivity index (χ3n) is 1.91. The molecule has 2 N–H and O–H groups in total. The molecule has 0 radical (unpaired) electrons. The van der Waals surface area contributed by atoms with E-state index in [-0.39, 0.29) is 11.3 Å². The molecule has 0 aromatic heterocycles. The average molecular weight is 278 g/mol. The maximum atomic E-state index is 11.3. The van der Waals surface area contributed by atoms with E-state index in [1.165, 1.54) is 25.3 Å². The minimum atomic E-state index is -1.28. The lowest BCUT2D eigenvalue weighted by Gasteiger charge is -2.10. The van der Waals surface area contributed by atoms with Crippen molar-refractivity contribution in [3.63, 3.8) is 0 Å². The van der Waals surface area contributed by atoms with Crippen LogP contribution < -0.4 is 10.1 Å². The number of carbonyl (C=O) groups is 2. The normalized spacial score (nSPS) is 10.1. The molecule has 0 saturated heterocycles. The Hall–Kier alpha value is -1.46. The van der Waals surface area contributed by atoms with Crippen LogP contribution in [0.5, 0.6) is 5.75 Å². The Balaban J connectivity index is 3.09. The molecular formula is C10H9Cl2NO4. The molecule has 0 aliphatic heterocycles. The largest absolute Gasteiger partial charge is 0.497 e. The molecule has 0 fully saturated rings. The molecule has 7 heteroatoms. The van der Waals surface area contributed by atoms with Crippen molar-refractivity contribution in [2.24, 2.45) is 0 Å². The van der Waals surface area contributed by atoms with Crippen molar-refractivity contribution in [3.05, 3.63) is 23.8 Å². The number of hydrogen-bond acceptors (Lipinski definition) is 3. The summed E-state index contributed by atoms with van der Waals surface area (Å²) in [6.07, 6.45) is 0. The van der Waals surface area contributed by atoms with Crippen LogP contribution in [0, 0.1) is 0 Å². The number of alkyl halides is 2. The SMILES string of the molecule is COc1ccc(C(=O)O)c(NC(=O)C(Cl)Cl)c1. The number of aromatic carboxylic acids is 1. The quantitative estimate of drug-likeness (QED) is 0.827. The monoisotopic (exact) mass is 277 g/mol. The van der Waals surface area contributed by atoms with E-state index in [1.807, 2.05) is 0 Å². The van der Waals surface area contributed by atoms with E-state index in [9.17, 15) is 9.59 Å². The van der Waals surface area contributed by atoms with E-state index >= 15 is 0 Å². The van der Waals surface area contributed by atoms with Gasteiger partial charge in [-0.15, -0.1) is 0 Å². The number of ether oxygens (including phenoxy) is 1. The number of methoxy groups -OCH3 is 1. The zero-order valence-corrected chi connectivity index (χ0v) is 10.2. The van der Waals surface area contributed by atoms with Crippen LogP contribution in [-0.2, 0) is 4.79 Å². The van der Waals surface area contributed by atoms with Gasteiger partial charge in [0, 0.05) is 6.07 Å². The number of anilines is 1. The fourth-order valence-corrected chi connectivity index (χ4v) is 1.24. The number of carbonyl (C=O) groups excluding carboxylic acids is 1. The van der Waals surface area contributed by atoms with Crippen molar-refractivity contribution in [1.82, 2.24) is 0 Å². The predicted octanol–water partition coefficient (Wildman–Crippen LogP) is 2.14. The summed E-state index contributed by atoms with van der Waals surface area (Å²) < 4.78 is 4.92. The first-order chi connectivity index (χ1) is 7.95. The highest BCUT2D eigenvalue weighted by Crippen LogP contribution is 2.23. The Kier molecular flexibility index (Phi) is 4.60. The molecule has 0 saturated carbocycles. The molecule has 1 aromatic rings. The Morgan fingerprint density at radius 2 is 2.06 bits per heavy atom. The van der Waals surface area contributed by atoms with Crippen molar-refractivity contribution in [3.8, 4) is 5.75 Å². The number of benzene rings is 1. The van der Waals surface area contributed by atoms with Crippen molar-refractivity contribution in [2.75, 3.05) is 12.4 Å². The molecule has 0 aliphatic carbocycles.